The minimum absolute atomic E-state index is 0.0158. The van der Waals surface area contributed by atoms with E-state index in [1.165, 1.54) is 11.0 Å². The second-order valence-corrected chi connectivity index (χ2v) is 4.90. The van der Waals surface area contributed by atoms with Gasteiger partial charge in [-0.1, -0.05) is 13.8 Å². The third kappa shape index (κ3) is 4.48. The Hall–Kier alpha value is -1.50. The summed E-state index contributed by atoms with van der Waals surface area (Å²) < 4.78 is 1.52. The third-order valence-electron chi connectivity index (χ3n) is 2.47. The number of tetrazole rings is 1. The van der Waals surface area contributed by atoms with Gasteiger partial charge >= 0.3 is 0 Å². The fourth-order valence-corrected chi connectivity index (χ4v) is 1.46. The van der Waals surface area contributed by atoms with Crippen LogP contribution in [0.4, 0.5) is 0 Å². The third-order valence-corrected chi connectivity index (χ3v) is 2.47. The smallest absolute Gasteiger partial charge is 0.224 e. The molecule has 0 bridgehead atoms. The molecule has 1 heterocycles. The zero-order valence-electron chi connectivity index (χ0n) is 10.5. The van der Waals surface area contributed by atoms with Crippen molar-refractivity contribution in [2.75, 3.05) is 20.2 Å². The van der Waals surface area contributed by atoms with Gasteiger partial charge in [0.15, 0.2) is 0 Å². The number of hydrogen-bond donors (Lipinski definition) is 1. The Labute approximate surface area is 100 Å². The average molecular weight is 241 g/mol. The molecule has 0 atom stereocenters. The number of aryl methyl sites for hydroxylation is 1. The van der Waals surface area contributed by atoms with Crippen molar-refractivity contribution in [3.63, 3.8) is 0 Å². The van der Waals surface area contributed by atoms with Gasteiger partial charge in [-0.3, -0.25) is 4.79 Å². The molecule has 7 nitrogen and oxygen atoms in total. The lowest BCUT2D eigenvalue weighted by Gasteiger charge is -2.28. The Morgan fingerprint density at radius 3 is 2.76 bits per heavy atom. The lowest BCUT2D eigenvalue weighted by Crippen LogP contribution is -2.38. The summed E-state index contributed by atoms with van der Waals surface area (Å²) in [5, 5.41) is 19.8. The van der Waals surface area contributed by atoms with Crippen LogP contribution in [0.25, 0.3) is 0 Å². The quantitative estimate of drug-likeness (QED) is 0.728. The van der Waals surface area contributed by atoms with E-state index in [2.05, 4.69) is 15.5 Å². The van der Waals surface area contributed by atoms with Crippen molar-refractivity contribution in [1.29, 1.82) is 0 Å². The number of aliphatic hydroxyl groups is 1. The first-order valence-electron chi connectivity index (χ1n) is 5.50. The van der Waals surface area contributed by atoms with Gasteiger partial charge in [-0.25, -0.2) is 4.68 Å². The maximum absolute atomic E-state index is 11.8. The van der Waals surface area contributed by atoms with Crippen molar-refractivity contribution >= 4 is 5.91 Å². The van der Waals surface area contributed by atoms with Crippen LogP contribution in [-0.2, 0) is 11.3 Å². The van der Waals surface area contributed by atoms with Crippen LogP contribution in [0.3, 0.4) is 0 Å². The van der Waals surface area contributed by atoms with Gasteiger partial charge in [0.05, 0.1) is 6.54 Å². The lowest BCUT2D eigenvalue weighted by atomic mass is 9.94. The number of nitrogens with zero attached hydrogens (tertiary/aromatic N) is 5. The Balaban J connectivity index is 2.37. The largest absolute Gasteiger partial charge is 0.396 e. The summed E-state index contributed by atoms with van der Waals surface area (Å²) in [6.45, 7) is 4.88. The highest BCUT2D eigenvalue weighted by Gasteiger charge is 2.21. The predicted octanol–water partition coefficient (Wildman–Crippen LogP) is -0.460. The van der Waals surface area contributed by atoms with Crippen LogP contribution in [0.1, 0.15) is 20.3 Å². The van der Waals surface area contributed by atoms with E-state index in [-0.39, 0.29) is 17.9 Å². The molecule has 0 saturated carbocycles. The molecule has 1 aromatic heterocycles. The molecule has 0 saturated heterocycles. The van der Waals surface area contributed by atoms with E-state index in [0.717, 1.165) is 0 Å². The number of amides is 1. The van der Waals surface area contributed by atoms with Gasteiger partial charge in [-0.2, -0.15) is 0 Å². The highest BCUT2D eigenvalue weighted by Crippen LogP contribution is 2.15. The van der Waals surface area contributed by atoms with E-state index in [0.29, 0.717) is 19.5 Å². The first-order valence-corrected chi connectivity index (χ1v) is 5.50. The number of rotatable bonds is 6. The average Bonchev–Trinajstić information content (AvgIpc) is 2.78. The van der Waals surface area contributed by atoms with Crippen molar-refractivity contribution in [1.82, 2.24) is 25.1 Å². The normalized spacial score (nSPS) is 11.5. The Bertz CT molecular complexity index is 350. The Morgan fingerprint density at radius 1 is 1.53 bits per heavy atom. The van der Waals surface area contributed by atoms with Gasteiger partial charge in [0, 0.05) is 32.0 Å². The number of carbonyl (C=O) groups is 1. The maximum Gasteiger partial charge on any atom is 0.224 e. The summed E-state index contributed by atoms with van der Waals surface area (Å²) in [5.74, 6) is 0.0158. The molecule has 17 heavy (non-hydrogen) atoms. The van der Waals surface area contributed by atoms with E-state index in [1.807, 2.05) is 13.8 Å². The minimum atomic E-state index is -0.279. The molecule has 0 spiro atoms. The van der Waals surface area contributed by atoms with Crippen molar-refractivity contribution in [3.8, 4) is 0 Å². The zero-order valence-corrected chi connectivity index (χ0v) is 10.5. The predicted molar refractivity (Wildman–Crippen MR) is 60.9 cm³/mol. The first-order chi connectivity index (χ1) is 7.94. The number of hydrogen-bond acceptors (Lipinski definition) is 5. The minimum Gasteiger partial charge on any atom is -0.396 e. The van der Waals surface area contributed by atoms with Gasteiger partial charge in [0.2, 0.25) is 5.91 Å². The number of aliphatic hydroxyl groups excluding tert-OH is 1. The monoisotopic (exact) mass is 241 g/mol. The van der Waals surface area contributed by atoms with Crippen molar-refractivity contribution in [3.05, 3.63) is 6.33 Å². The summed E-state index contributed by atoms with van der Waals surface area (Å²) >= 11 is 0. The zero-order chi connectivity index (χ0) is 12.9. The molecule has 1 aromatic rings. The van der Waals surface area contributed by atoms with E-state index >= 15 is 0 Å². The van der Waals surface area contributed by atoms with E-state index in [1.54, 1.807) is 11.9 Å². The van der Waals surface area contributed by atoms with E-state index in [4.69, 9.17) is 5.11 Å². The van der Waals surface area contributed by atoms with Crippen LogP contribution in [0.2, 0.25) is 0 Å². The fraction of sp³-hybridized carbons (Fsp3) is 0.800. The van der Waals surface area contributed by atoms with Gasteiger partial charge in [0.1, 0.15) is 6.33 Å². The summed E-state index contributed by atoms with van der Waals surface area (Å²) in [6, 6.07) is 0. The molecule has 0 unspecified atom stereocenters. The molecule has 0 radical (unpaired) electrons. The molecule has 1 rings (SSSR count). The van der Waals surface area contributed by atoms with Crippen LogP contribution in [-0.4, -0.2) is 56.3 Å². The van der Waals surface area contributed by atoms with Crippen LogP contribution < -0.4 is 0 Å². The molecule has 1 N–H and O–H groups in total. The fourth-order valence-electron chi connectivity index (χ4n) is 1.46. The molecular weight excluding hydrogens is 222 g/mol. The summed E-state index contributed by atoms with van der Waals surface area (Å²) in [5.41, 5.74) is -0.279. The molecule has 0 aliphatic rings. The molecule has 0 aromatic carbocycles. The molecule has 7 heteroatoms. The SMILES string of the molecule is CN(CC(C)(C)CO)C(=O)CCn1cnnn1. The molecular formula is C10H19N5O2. The van der Waals surface area contributed by atoms with E-state index < -0.39 is 0 Å². The highest BCUT2D eigenvalue weighted by atomic mass is 16.3. The first kappa shape index (κ1) is 13.6. The van der Waals surface area contributed by atoms with Crippen LogP contribution in [0, 0.1) is 5.41 Å². The summed E-state index contributed by atoms with van der Waals surface area (Å²) in [6.07, 6.45) is 1.83. The molecule has 0 fully saturated rings. The second kappa shape index (κ2) is 5.72. The van der Waals surface area contributed by atoms with Crippen LogP contribution in [0.5, 0.6) is 0 Å². The van der Waals surface area contributed by atoms with Gasteiger partial charge in [0.25, 0.3) is 0 Å². The Kier molecular flexibility index (Phi) is 4.56. The number of aromatic nitrogens is 4. The molecule has 1 amide bonds. The lowest BCUT2D eigenvalue weighted by molar-refractivity contribution is -0.131. The van der Waals surface area contributed by atoms with E-state index in [9.17, 15) is 4.79 Å². The molecule has 0 aliphatic carbocycles. The van der Waals surface area contributed by atoms with Crippen molar-refractivity contribution < 1.29 is 9.90 Å². The molecule has 96 valence electrons. The standard InChI is InChI=1S/C10H19N5O2/c1-10(2,7-16)6-14(3)9(17)4-5-15-8-11-12-13-15/h8,16H,4-7H2,1-3H3. The van der Waals surface area contributed by atoms with Crippen LogP contribution >= 0.6 is 0 Å². The molecule has 0 aliphatic heterocycles. The Morgan fingerprint density at radius 2 is 2.24 bits per heavy atom. The van der Waals surface area contributed by atoms with Crippen molar-refractivity contribution in [2.45, 2.75) is 26.8 Å². The van der Waals surface area contributed by atoms with Gasteiger partial charge in [-0.05, 0) is 10.4 Å². The number of carbonyl (C=O) groups excluding carboxylic acids is 1. The van der Waals surface area contributed by atoms with Crippen LogP contribution in [0.15, 0.2) is 6.33 Å². The summed E-state index contributed by atoms with van der Waals surface area (Å²) in [7, 11) is 1.74. The van der Waals surface area contributed by atoms with Gasteiger partial charge < -0.3 is 10.0 Å². The van der Waals surface area contributed by atoms with Crippen molar-refractivity contribution in [2.24, 2.45) is 5.41 Å². The topological polar surface area (TPSA) is 84.1 Å². The highest BCUT2D eigenvalue weighted by molar-refractivity contribution is 5.75. The van der Waals surface area contributed by atoms with Gasteiger partial charge in [-0.15, -0.1) is 5.10 Å². The summed E-state index contributed by atoms with van der Waals surface area (Å²) in [4.78, 5) is 13.4. The maximum atomic E-state index is 11.8. The second-order valence-electron chi connectivity index (χ2n) is 4.90.